The molecule has 24 heavy (non-hydrogen) atoms. The maximum absolute atomic E-state index is 4.73. The Bertz CT molecular complexity index is 1200. The van der Waals surface area contributed by atoms with Gasteiger partial charge in [0.05, 0.1) is 11.0 Å². The number of benzene rings is 3. The predicted octanol–water partition coefficient (Wildman–Crippen LogP) is 5.60. The van der Waals surface area contributed by atoms with E-state index in [0.717, 1.165) is 27.4 Å². The van der Waals surface area contributed by atoms with Gasteiger partial charge in [-0.25, -0.2) is 0 Å². The maximum atomic E-state index is 4.73. The highest BCUT2D eigenvalue weighted by Crippen LogP contribution is 2.31. The van der Waals surface area contributed by atoms with Crippen LogP contribution in [-0.4, -0.2) is 9.97 Å². The van der Waals surface area contributed by atoms with Gasteiger partial charge in [0.1, 0.15) is 0 Å². The monoisotopic (exact) mass is 306 g/mol. The van der Waals surface area contributed by atoms with Crippen LogP contribution in [0.2, 0.25) is 0 Å². The lowest BCUT2D eigenvalue weighted by Crippen LogP contribution is -1.87. The summed E-state index contributed by atoms with van der Waals surface area (Å²) in [6.45, 7) is 0. The molecule has 0 aliphatic rings. The minimum absolute atomic E-state index is 0.956. The van der Waals surface area contributed by atoms with E-state index in [4.69, 9.17) is 4.98 Å². The van der Waals surface area contributed by atoms with Crippen molar-refractivity contribution in [2.75, 3.05) is 0 Å². The molecular formula is C22H14N2. The lowest BCUT2D eigenvalue weighted by Gasteiger charge is -2.08. The summed E-state index contributed by atoms with van der Waals surface area (Å²) in [5, 5.41) is 4.73. The first-order valence-corrected chi connectivity index (χ1v) is 8.02. The Morgan fingerprint density at radius 1 is 0.583 bits per heavy atom. The van der Waals surface area contributed by atoms with Crippen molar-refractivity contribution < 1.29 is 0 Å². The predicted molar refractivity (Wildman–Crippen MR) is 100.0 cm³/mol. The summed E-state index contributed by atoms with van der Waals surface area (Å²) in [5.41, 5.74) is 4.26. The zero-order valence-corrected chi connectivity index (χ0v) is 13.0. The van der Waals surface area contributed by atoms with E-state index in [1.54, 1.807) is 0 Å². The molecule has 3 aromatic carbocycles. The average Bonchev–Trinajstić information content (AvgIpc) is 2.67. The fourth-order valence-electron chi connectivity index (χ4n) is 3.36. The van der Waals surface area contributed by atoms with E-state index in [2.05, 4.69) is 71.7 Å². The molecule has 0 N–H and O–H groups in total. The molecule has 0 aliphatic carbocycles. The second-order valence-corrected chi connectivity index (χ2v) is 5.96. The Morgan fingerprint density at radius 2 is 1.38 bits per heavy atom. The molecule has 0 spiro atoms. The van der Waals surface area contributed by atoms with Crippen LogP contribution in [0, 0.1) is 0 Å². The molecule has 112 valence electrons. The second kappa shape index (κ2) is 5.14. The van der Waals surface area contributed by atoms with Crippen LogP contribution in [0.4, 0.5) is 0 Å². The largest absolute Gasteiger partial charge is 0.254 e. The van der Waals surface area contributed by atoms with Crippen LogP contribution in [0.15, 0.2) is 85.2 Å². The summed E-state index contributed by atoms with van der Waals surface area (Å²) >= 11 is 0. The van der Waals surface area contributed by atoms with E-state index in [9.17, 15) is 0 Å². The van der Waals surface area contributed by atoms with Crippen LogP contribution < -0.4 is 0 Å². The molecule has 0 aliphatic heterocycles. The zero-order chi connectivity index (χ0) is 15.9. The van der Waals surface area contributed by atoms with Gasteiger partial charge in [-0.3, -0.25) is 9.97 Å². The number of hydrogen-bond acceptors (Lipinski definition) is 2. The summed E-state index contributed by atoms with van der Waals surface area (Å²) in [5.74, 6) is 0. The Hall–Kier alpha value is -3.26. The highest BCUT2D eigenvalue weighted by Gasteiger charge is 2.07. The van der Waals surface area contributed by atoms with Gasteiger partial charge in [0.15, 0.2) is 0 Å². The normalized spacial score (nSPS) is 11.3. The van der Waals surface area contributed by atoms with E-state index >= 15 is 0 Å². The van der Waals surface area contributed by atoms with Crippen LogP contribution in [0.25, 0.3) is 43.7 Å². The first-order chi connectivity index (χ1) is 11.9. The van der Waals surface area contributed by atoms with E-state index in [0.29, 0.717) is 0 Å². The lowest BCUT2D eigenvalue weighted by atomic mass is 9.98. The molecule has 2 heterocycles. The Balaban J connectivity index is 1.80. The molecule has 0 atom stereocenters. The highest BCUT2D eigenvalue weighted by molar-refractivity contribution is 6.05. The van der Waals surface area contributed by atoms with Gasteiger partial charge in [0.25, 0.3) is 0 Å². The van der Waals surface area contributed by atoms with Gasteiger partial charge in [0.2, 0.25) is 0 Å². The minimum Gasteiger partial charge on any atom is -0.254 e. The number of aromatic nitrogens is 2. The van der Waals surface area contributed by atoms with Crippen molar-refractivity contribution in [3.63, 3.8) is 0 Å². The summed E-state index contributed by atoms with van der Waals surface area (Å²) < 4.78 is 0. The van der Waals surface area contributed by atoms with Crippen LogP contribution in [-0.2, 0) is 0 Å². The topological polar surface area (TPSA) is 25.8 Å². The molecular weight excluding hydrogens is 292 g/mol. The third-order valence-electron chi connectivity index (χ3n) is 4.52. The van der Waals surface area contributed by atoms with Gasteiger partial charge in [-0.05, 0) is 28.5 Å². The van der Waals surface area contributed by atoms with E-state index in [1.807, 2.05) is 18.5 Å². The van der Waals surface area contributed by atoms with Gasteiger partial charge in [-0.2, -0.15) is 0 Å². The summed E-state index contributed by atoms with van der Waals surface area (Å²) in [4.78, 5) is 9.23. The highest BCUT2D eigenvalue weighted by atomic mass is 14.7. The molecule has 2 heteroatoms. The second-order valence-electron chi connectivity index (χ2n) is 5.96. The molecule has 5 aromatic rings. The molecule has 0 amide bonds. The van der Waals surface area contributed by atoms with Crippen molar-refractivity contribution >= 4 is 32.6 Å². The first kappa shape index (κ1) is 13.2. The minimum atomic E-state index is 0.956. The molecule has 2 nitrogen and oxygen atoms in total. The molecule has 5 rings (SSSR count). The van der Waals surface area contributed by atoms with Crippen molar-refractivity contribution in [2.24, 2.45) is 0 Å². The SMILES string of the molecule is c1ccc2c(-c3cnc4c(ccc5cccnc54)c3)cccc2c1. The van der Waals surface area contributed by atoms with Gasteiger partial charge < -0.3 is 0 Å². The fourth-order valence-corrected chi connectivity index (χ4v) is 3.36. The molecule has 0 saturated heterocycles. The molecule has 0 bridgehead atoms. The zero-order valence-electron chi connectivity index (χ0n) is 13.0. The van der Waals surface area contributed by atoms with Crippen LogP contribution in [0.5, 0.6) is 0 Å². The van der Waals surface area contributed by atoms with E-state index in [-0.39, 0.29) is 0 Å². The quantitative estimate of drug-likeness (QED) is 0.376. The Labute approximate surface area is 139 Å². The average molecular weight is 306 g/mol. The third kappa shape index (κ3) is 1.97. The number of fused-ring (bicyclic) bond motifs is 4. The van der Waals surface area contributed by atoms with E-state index < -0.39 is 0 Å². The van der Waals surface area contributed by atoms with Crippen molar-refractivity contribution in [1.82, 2.24) is 9.97 Å². The summed E-state index contributed by atoms with van der Waals surface area (Å²) in [6.07, 6.45) is 3.78. The van der Waals surface area contributed by atoms with Crippen LogP contribution in [0.3, 0.4) is 0 Å². The summed E-state index contributed by atoms with van der Waals surface area (Å²) in [7, 11) is 0. The van der Waals surface area contributed by atoms with Crippen molar-refractivity contribution in [3.05, 3.63) is 85.2 Å². The molecule has 2 aromatic heterocycles. The van der Waals surface area contributed by atoms with Crippen LogP contribution in [0.1, 0.15) is 0 Å². The maximum Gasteiger partial charge on any atom is 0.0964 e. The van der Waals surface area contributed by atoms with Gasteiger partial charge in [0, 0.05) is 28.7 Å². The molecule has 0 saturated carbocycles. The lowest BCUT2D eigenvalue weighted by molar-refractivity contribution is 1.37. The Morgan fingerprint density at radius 3 is 2.38 bits per heavy atom. The number of hydrogen-bond donors (Lipinski definition) is 0. The van der Waals surface area contributed by atoms with E-state index in [1.165, 1.54) is 16.3 Å². The fraction of sp³-hybridized carbons (Fsp3) is 0. The first-order valence-electron chi connectivity index (χ1n) is 8.02. The summed E-state index contributed by atoms with van der Waals surface area (Å²) in [6, 6.07) is 25.3. The molecule has 0 fully saturated rings. The van der Waals surface area contributed by atoms with Crippen molar-refractivity contribution in [2.45, 2.75) is 0 Å². The van der Waals surface area contributed by atoms with Crippen molar-refractivity contribution in [3.8, 4) is 11.1 Å². The number of pyridine rings is 2. The van der Waals surface area contributed by atoms with Gasteiger partial charge in [-0.15, -0.1) is 0 Å². The third-order valence-corrected chi connectivity index (χ3v) is 4.52. The van der Waals surface area contributed by atoms with Gasteiger partial charge in [-0.1, -0.05) is 60.7 Å². The number of nitrogens with zero attached hydrogens (tertiary/aromatic N) is 2. The molecule has 0 radical (unpaired) electrons. The van der Waals surface area contributed by atoms with Gasteiger partial charge >= 0.3 is 0 Å². The smallest absolute Gasteiger partial charge is 0.0964 e. The standard InChI is InChI=1S/C22H14N2/c1-2-8-19-15(5-1)6-3-9-20(19)18-13-17-11-10-16-7-4-12-23-21(16)22(17)24-14-18/h1-14H. The van der Waals surface area contributed by atoms with Crippen molar-refractivity contribution in [1.29, 1.82) is 0 Å². The Kier molecular flexibility index (Phi) is 2.83. The molecule has 0 unspecified atom stereocenters. The number of rotatable bonds is 1. The van der Waals surface area contributed by atoms with Crippen LogP contribution >= 0.6 is 0 Å².